The van der Waals surface area contributed by atoms with Crippen LogP contribution in [0.1, 0.15) is 17.0 Å². The van der Waals surface area contributed by atoms with Crippen LogP contribution in [-0.4, -0.2) is 17.5 Å². The summed E-state index contributed by atoms with van der Waals surface area (Å²) in [6.07, 6.45) is 0.211. The molecule has 3 unspecified atom stereocenters. The summed E-state index contributed by atoms with van der Waals surface area (Å²) in [7, 11) is 0. The summed E-state index contributed by atoms with van der Waals surface area (Å²) < 4.78 is 0. The summed E-state index contributed by atoms with van der Waals surface area (Å²) in [4.78, 5) is 6.52. The number of rotatable bonds is 6. The molecular formula is C28H26N2O2. The molecule has 0 radical (unpaired) electrons. The highest BCUT2D eigenvalue weighted by molar-refractivity contribution is 5.50. The Morgan fingerprint density at radius 1 is 0.688 bits per heavy atom. The second kappa shape index (κ2) is 9.27. The van der Waals surface area contributed by atoms with E-state index >= 15 is 0 Å². The highest BCUT2D eigenvalue weighted by atomic mass is 16.7. The maximum Gasteiger partial charge on any atom is 0.189 e. The van der Waals surface area contributed by atoms with Gasteiger partial charge in [-0.3, -0.25) is 5.21 Å². The van der Waals surface area contributed by atoms with Crippen LogP contribution in [0.15, 0.2) is 121 Å². The van der Waals surface area contributed by atoms with E-state index in [2.05, 4.69) is 36.4 Å². The number of para-hydroxylation sites is 2. The molecule has 0 amide bonds. The van der Waals surface area contributed by atoms with Gasteiger partial charge in [-0.1, -0.05) is 97.1 Å². The Balaban J connectivity index is 1.59. The second-order valence-corrected chi connectivity index (χ2v) is 8.03. The van der Waals surface area contributed by atoms with Crippen molar-refractivity contribution in [3.63, 3.8) is 0 Å². The third-order valence-electron chi connectivity index (χ3n) is 5.99. The topological polar surface area (TPSA) is 35.9 Å². The summed E-state index contributed by atoms with van der Waals surface area (Å²) in [5, 5.41) is 14.5. The third kappa shape index (κ3) is 4.11. The molecule has 5 rings (SSSR count). The molecule has 0 spiro atoms. The van der Waals surface area contributed by atoms with Crippen molar-refractivity contribution in [2.75, 3.05) is 10.1 Å². The quantitative estimate of drug-likeness (QED) is 0.384. The largest absolute Gasteiger partial charge is 0.286 e. The van der Waals surface area contributed by atoms with E-state index in [4.69, 9.17) is 4.84 Å². The van der Waals surface area contributed by atoms with Crippen LogP contribution in [0.25, 0.3) is 0 Å². The number of hydrogen-bond acceptors (Lipinski definition) is 4. The van der Waals surface area contributed by atoms with Gasteiger partial charge in [0.2, 0.25) is 0 Å². The monoisotopic (exact) mass is 422 g/mol. The summed E-state index contributed by atoms with van der Waals surface area (Å²) in [5.74, 6) is -0.0816. The molecule has 0 bridgehead atoms. The maximum absolute atomic E-state index is 11.3. The Bertz CT molecular complexity index is 1110. The smallest absolute Gasteiger partial charge is 0.189 e. The van der Waals surface area contributed by atoms with Crippen molar-refractivity contribution in [3.05, 3.63) is 132 Å². The standard InChI is InChI=1S/C28H26N2O2/c31-29(24-17-9-3-10-18-24)28-27(23-15-7-2-8-16-23)26(21-22-13-5-1-6-14-22)30(32-28)25-19-11-4-12-20-25/h1-20,26-28,31H,21H2. The lowest BCUT2D eigenvalue weighted by molar-refractivity contribution is 0.0150. The molecule has 1 heterocycles. The zero-order valence-electron chi connectivity index (χ0n) is 17.7. The molecule has 160 valence electrons. The van der Waals surface area contributed by atoms with Gasteiger partial charge in [-0.15, -0.1) is 0 Å². The summed E-state index contributed by atoms with van der Waals surface area (Å²) in [6, 6.07) is 40.5. The van der Waals surface area contributed by atoms with E-state index in [0.29, 0.717) is 5.69 Å². The van der Waals surface area contributed by atoms with Crippen LogP contribution in [0.2, 0.25) is 0 Å². The fourth-order valence-electron chi connectivity index (χ4n) is 4.48. The molecule has 1 aliphatic heterocycles. The molecule has 1 fully saturated rings. The van der Waals surface area contributed by atoms with Crippen molar-refractivity contribution < 1.29 is 10.0 Å². The molecule has 32 heavy (non-hydrogen) atoms. The van der Waals surface area contributed by atoms with Crippen molar-refractivity contribution >= 4 is 11.4 Å². The van der Waals surface area contributed by atoms with Crippen LogP contribution >= 0.6 is 0 Å². The minimum atomic E-state index is -0.575. The number of hydrogen-bond donors (Lipinski definition) is 1. The average Bonchev–Trinajstić information content (AvgIpc) is 3.25. The van der Waals surface area contributed by atoms with Crippen molar-refractivity contribution in [3.8, 4) is 0 Å². The zero-order valence-corrected chi connectivity index (χ0v) is 17.7. The lowest BCUT2D eigenvalue weighted by Crippen LogP contribution is -2.38. The highest BCUT2D eigenvalue weighted by Gasteiger charge is 2.47. The van der Waals surface area contributed by atoms with Gasteiger partial charge in [0, 0.05) is 0 Å². The predicted molar refractivity (Wildman–Crippen MR) is 128 cm³/mol. The first-order valence-corrected chi connectivity index (χ1v) is 10.9. The molecule has 4 heteroatoms. The van der Waals surface area contributed by atoms with E-state index in [1.807, 2.05) is 90.0 Å². The van der Waals surface area contributed by atoms with Crippen LogP contribution in [0.4, 0.5) is 11.4 Å². The Labute approximate surface area is 188 Å². The first kappa shape index (κ1) is 20.3. The van der Waals surface area contributed by atoms with Gasteiger partial charge >= 0.3 is 0 Å². The number of nitrogens with zero attached hydrogens (tertiary/aromatic N) is 2. The predicted octanol–water partition coefficient (Wildman–Crippen LogP) is 6.06. The Kier molecular flexibility index (Phi) is 5.88. The molecular weight excluding hydrogens is 396 g/mol. The van der Waals surface area contributed by atoms with Crippen molar-refractivity contribution in [2.45, 2.75) is 24.6 Å². The van der Waals surface area contributed by atoms with E-state index in [9.17, 15) is 5.21 Å². The second-order valence-electron chi connectivity index (χ2n) is 8.03. The minimum Gasteiger partial charge on any atom is -0.286 e. The highest BCUT2D eigenvalue weighted by Crippen LogP contribution is 2.42. The number of benzene rings is 4. The van der Waals surface area contributed by atoms with Crippen molar-refractivity contribution in [2.24, 2.45) is 0 Å². The lowest BCUT2D eigenvalue weighted by atomic mass is 9.86. The molecule has 4 aromatic rings. The van der Waals surface area contributed by atoms with Crippen LogP contribution < -0.4 is 10.1 Å². The molecule has 3 atom stereocenters. The Hall–Kier alpha value is -3.60. The average molecular weight is 423 g/mol. The normalized spacial score (nSPS) is 20.3. The summed E-state index contributed by atoms with van der Waals surface area (Å²) in [6.45, 7) is 0. The first-order chi connectivity index (χ1) is 15.8. The van der Waals surface area contributed by atoms with Crippen LogP contribution in [0.5, 0.6) is 0 Å². The van der Waals surface area contributed by atoms with Crippen LogP contribution in [0.3, 0.4) is 0 Å². The molecule has 4 aromatic carbocycles. The third-order valence-corrected chi connectivity index (χ3v) is 5.99. The molecule has 1 N–H and O–H groups in total. The first-order valence-electron chi connectivity index (χ1n) is 10.9. The molecule has 0 aromatic heterocycles. The molecule has 0 aliphatic carbocycles. The molecule has 0 saturated carbocycles. The van der Waals surface area contributed by atoms with Gasteiger partial charge in [0.05, 0.1) is 23.3 Å². The van der Waals surface area contributed by atoms with Gasteiger partial charge in [-0.05, 0) is 41.8 Å². The van der Waals surface area contributed by atoms with Gasteiger partial charge in [0.15, 0.2) is 6.23 Å². The molecule has 1 saturated heterocycles. The van der Waals surface area contributed by atoms with Gasteiger partial charge in [-0.2, -0.15) is 0 Å². The van der Waals surface area contributed by atoms with Gasteiger partial charge in [0.1, 0.15) is 0 Å². The van der Waals surface area contributed by atoms with E-state index in [-0.39, 0.29) is 12.0 Å². The van der Waals surface area contributed by atoms with Gasteiger partial charge in [-0.25, -0.2) is 15.0 Å². The van der Waals surface area contributed by atoms with Crippen LogP contribution in [0, 0.1) is 0 Å². The summed E-state index contributed by atoms with van der Waals surface area (Å²) in [5.41, 5.74) is 4.03. The van der Waals surface area contributed by atoms with E-state index < -0.39 is 6.23 Å². The number of anilines is 2. The Morgan fingerprint density at radius 2 is 1.22 bits per heavy atom. The molecule has 1 aliphatic rings. The minimum absolute atomic E-state index is 0.00874. The van der Waals surface area contributed by atoms with Gasteiger partial charge in [0.25, 0.3) is 0 Å². The van der Waals surface area contributed by atoms with E-state index in [1.165, 1.54) is 10.6 Å². The van der Waals surface area contributed by atoms with Crippen molar-refractivity contribution in [1.29, 1.82) is 0 Å². The zero-order chi connectivity index (χ0) is 21.8. The van der Waals surface area contributed by atoms with E-state index in [1.54, 1.807) is 0 Å². The van der Waals surface area contributed by atoms with E-state index in [0.717, 1.165) is 17.7 Å². The van der Waals surface area contributed by atoms with Gasteiger partial charge < -0.3 is 0 Å². The Morgan fingerprint density at radius 3 is 1.84 bits per heavy atom. The van der Waals surface area contributed by atoms with Crippen LogP contribution in [-0.2, 0) is 11.3 Å². The summed E-state index contributed by atoms with van der Waals surface area (Å²) >= 11 is 0. The fourth-order valence-corrected chi connectivity index (χ4v) is 4.48. The maximum atomic E-state index is 11.3. The number of hydroxylamine groups is 2. The SMILES string of the molecule is ON(c1ccccc1)C1ON(c2ccccc2)C(Cc2ccccc2)C1c1ccccc1. The molecule has 4 nitrogen and oxygen atoms in total. The lowest BCUT2D eigenvalue weighted by Gasteiger charge is -2.28. The fraction of sp³-hybridized carbons (Fsp3) is 0.143. The van der Waals surface area contributed by atoms with Crippen molar-refractivity contribution in [1.82, 2.24) is 0 Å².